The van der Waals surface area contributed by atoms with Crippen molar-refractivity contribution in [3.05, 3.63) is 25.7 Å². The van der Waals surface area contributed by atoms with Crippen molar-refractivity contribution in [3.63, 3.8) is 0 Å². The Balaban J connectivity index is 2.10. The Hall–Kier alpha value is -1.17. The van der Waals surface area contributed by atoms with E-state index >= 15 is 0 Å². The highest BCUT2D eigenvalue weighted by Gasteiger charge is 2.37. The molecule has 5 nitrogen and oxygen atoms in total. The Morgan fingerprint density at radius 1 is 1.50 bits per heavy atom. The van der Waals surface area contributed by atoms with E-state index in [9.17, 15) is 18.0 Å². The Kier molecular flexibility index (Phi) is 3.56. The van der Waals surface area contributed by atoms with Crippen molar-refractivity contribution in [2.75, 3.05) is 5.32 Å². The molecule has 0 saturated heterocycles. The number of thiophene rings is 1. The van der Waals surface area contributed by atoms with E-state index in [2.05, 4.69) is 20.0 Å². The van der Waals surface area contributed by atoms with Crippen LogP contribution in [0.3, 0.4) is 0 Å². The summed E-state index contributed by atoms with van der Waals surface area (Å²) in [5.74, 6) is -2.04. The van der Waals surface area contributed by atoms with Gasteiger partial charge in [-0.2, -0.15) is 18.2 Å². The van der Waals surface area contributed by atoms with Gasteiger partial charge in [0.25, 0.3) is 11.7 Å². The van der Waals surface area contributed by atoms with Crippen LogP contribution in [-0.4, -0.2) is 16.0 Å². The maximum absolute atomic E-state index is 12.2. The summed E-state index contributed by atoms with van der Waals surface area (Å²) in [4.78, 5) is 14.6. The molecule has 0 aliphatic carbocycles. The smallest absolute Gasteiger partial charge is 0.315 e. The number of alkyl halides is 3. The van der Waals surface area contributed by atoms with Crippen molar-refractivity contribution >= 4 is 45.8 Å². The lowest BCUT2D eigenvalue weighted by Gasteiger charge is -1.97. The lowest BCUT2D eigenvalue weighted by atomic mass is 10.3. The topological polar surface area (TPSA) is 68.0 Å². The van der Waals surface area contributed by atoms with E-state index in [-0.39, 0.29) is 0 Å². The monoisotopic (exact) mass is 389 g/mol. The van der Waals surface area contributed by atoms with Gasteiger partial charge >= 0.3 is 12.2 Å². The van der Waals surface area contributed by atoms with E-state index in [4.69, 9.17) is 0 Å². The van der Waals surface area contributed by atoms with Crippen LogP contribution in [0.25, 0.3) is 0 Å². The number of amides is 1. The minimum atomic E-state index is -4.70. The van der Waals surface area contributed by atoms with Crippen LogP contribution >= 0.6 is 33.9 Å². The van der Waals surface area contributed by atoms with Crippen LogP contribution in [0.1, 0.15) is 16.2 Å². The van der Waals surface area contributed by atoms with Gasteiger partial charge in [0, 0.05) is 5.38 Å². The summed E-state index contributed by atoms with van der Waals surface area (Å²) in [5.41, 5.74) is 0.316. The number of anilines is 1. The summed E-state index contributed by atoms with van der Waals surface area (Å²) >= 11 is 3.35. The standard InChI is InChI=1S/C8H3F3IN3O2S/c9-8(10,11)6-14-7(17-15-6)13-5(16)3-1-4(12)18-2-3/h1-2H,(H,13,14,15,16). The SMILES string of the molecule is O=C(Nc1nc(C(F)(F)F)no1)c1csc(I)c1. The molecular formula is C8H3F3IN3O2S. The molecule has 96 valence electrons. The number of nitrogens with zero attached hydrogens (tertiary/aromatic N) is 2. The van der Waals surface area contributed by atoms with Crippen molar-refractivity contribution in [1.29, 1.82) is 0 Å². The van der Waals surface area contributed by atoms with Gasteiger partial charge in [-0.3, -0.25) is 10.1 Å². The molecule has 1 N–H and O–H groups in total. The number of aromatic nitrogens is 2. The van der Waals surface area contributed by atoms with Crippen molar-refractivity contribution in [2.24, 2.45) is 0 Å². The molecule has 2 heterocycles. The van der Waals surface area contributed by atoms with Crippen molar-refractivity contribution in [3.8, 4) is 0 Å². The minimum Gasteiger partial charge on any atom is -0.315 e. The molecule has 2 aromatic heterocycles. The third kappa shape index (κ3) is 2.98. The molecule has 0 atom stereocenters. The van der Waals surface area contributed by atoms with Crippen LogP contribution in [0.5, 0.6) is 0 Å². The lowest BCUT2D eigenvalue weighted by molar-refractivity contribution is -0.146. The first-order chi connectivity index (χ1) is 8.36. The number of carbonyl (C=O) groups excluding carboxylic acids is 1. The summed E-state index contributed by atoms with van der Waals surface area (Å²) in [6.07, 6.45) is -4.70. The van der Waals surface area contributed by atoms with Gasteiger partial charge in [-0.1, -0.05) is 0 Å². The van der Waals surface area contributed by atoms with E-state index in [1.54, 1.807) is 11.4 Å². The first-order valence-corrected chi connectivity index (χ1v) is 6.28. The molecule has 2 aromatic rings. The first kappa shape index (κ1) is 13.3. The average molecular weight is 389 g/mol. The van der Waals surface area contributed by atoms with Gasteiger partial charge in [0.15, 0.2) is 0 Å². The highest BCUT2D eigenvalue weighted by molar-refractivity contribution is 14.1. The summed E-state index contributed by atoms with van der Waals surface area (Å²) in [6, 6.07) is 0.996. The van der Waals surface area contributed by atoms with E-state index < -0.39 is 23.9 Å². The van der Waals surface area contributed by atoms with Crippen LogP contribution in [0.2, 0.25) is 0 Å². The molecule has 0 spiro atoms. The van der Waals surface area contributed by atoms with Gasteiger partial charge in [0.2, 0.25) is 0 Å². The second-order valence-electron chi connectivity index (χ2n) is 3.01. The number of halogens is 4. The van der Waals surface area contributed by atoms with E-state index in [1.165, 1.54) is 11.3 Å². The van der Waals surface area contributed by atoms with Crippen LogP contribution in [0.4, 0.5) is 19.2 Å². The van der Waals surface area contributed by atoms with Crippen LogP contribution in [-0.2, 0) is 6.18 Å². The summed E-state index contributed by atoms with van der Waals surface area (Å²) in [5, 5.41) is 6.37. The zero-order chi connectivity index (χ0) is 13.3. The summed E-state index contributed by atoms with van der Waals surface area (Å²) < 4.78 is 41.7. The molecule has 10 heteroatoms. The quantitative estimate of drug-likeness (QED) is 0.803. The van der Waals surface area contributed by atoms with E-state index in [0.29, 0.717) is 5.56 Å². The second-order valence-corrected chi connectivity index (χ2v) is 5.82. The highest BCUT2D eigenvalue weighted by Crippen LogP contribution is 2.27. The maximum atomic E-state index is 12.2. The predicted octanol–water partition coefficient (Wildman–Crippen LogP) is 3.01. The molecular weight excluding hydrogens is 386 g/mol. The Labute approximate surface area is 116 Å². The van der Waals surface area contributed by atoms with Gasteiger partial charge in [-0.25, -0.2) is 0 Å². The van der Waals surface area contributed by atoms with Crippen LogP contribution in [0, 0.1) is 2.88 Å². The fourth-order valence-electron chi connectivity index (χ4n) is 0.988. The van der Waals surface area contributed by atoms with Crippen molar-refractivity contribution in [2.45, 2.75) is 6.18 Å². The normalized spacial score (nSPS) is 11.6. The van der Waals surface area contributed by atoms with Crippen molar-refractivity contribution in [1.82, 2.24) is 10.1 Å². The summed E-state index contributed by atoms with van der Waals surface area (Å²) in [7, 11) is 0. The van der Waals surface area contributed by atoms with E-state index in [1.807, 2.05) is 22.6 Å². The molecule has 0 fully saturated rings. The van der Waals surface area contributed by atoms with Gasteiger partial charge in [-0.05, 0) is 33.8 Å². The molecule has 0 unspecified atom stereocenters. The molecule has 0 saturated carbocycles. The van der Waals surface area contributed by atoms with Gasteiger partial charge < -0.3 is 4.52 Å². The third-order valence-corrected chi connectivity index (χ3v) is 3.52. The van der Waals surface area contributed by atoms with Gasteiger partial charge in [0.05, 0.1) is 8.45 Å². The molecule has 0 aromatic carbocycles. The Bertz CT molecular complexity index is 580. The number of nitrogens with one attached hydrogen (secondary N) is 1. The number of carbonyl (C=O) groups is 1. The lowest BCUT2D eigenvalue weighted by Crippen LogP contribution is -2.12. The van der Waals surface area contributed by atoms with Gasteiger partial charge in [-0.15, -0.1) is 11.3 Å². The zero-order valence-corrected chi connectivity index (χ0v) is 11.3. The maximum Gasteiger partial charge on any atom is 0.455 e. The van der Waals surface area contributed by atoms with Crippen molar-refractivity contribution < 1.29 is 22.5 Å². The van der Waals surface area contributed by atoms with Crippen LogP contribution < -0.4 is 5.32 Å². The summed E-state index contributed by atoms with van der Waals surface area (Å²) in [6.45, 7) is 0. The molecule has 0 aliphatic heterocycles. The molecule has 1 amide bonds. The Morgan fingerprint density at radius 3 is 2.72 bits per heavy atom. The predicted molar refractivity (Wildman–Crippen MR) is 64.3 cm³/mol. The average Bonchev–Trinajstić information content (AvgIpc) is 2.85. The third-order valence-electron chi connectivity index (χ3n) is 1.73. The molecule has 0 aliphatic rings. The molecule has 0 radical (unpaired) electrons. The number of hydrogen-bond acceptors (Lipinski definition) is 5. The zero-order valence-electron chi connectivity index (χ0n) is 8.29. The van der Waals surface area contributed by atoms with Crippen LogP contribution in [0.15, 0.2) is 16.0 Å². The fourth-order valence-corrected chi connectivity index (χ4v) is 2.31. The molecule has 18 heavy (non-hydrogen) atoms. The fraction of sp³-hybridized carbons (Fsp3) is 0.125. The van der Waals surface area contributed by atoms with E-state index in [0.717, 1.165) is 2.88 Å². The molecule has 0 bridgehead atoms. The Morgan fingerprint density at radius 2 is 2.22 bits per heavy atom. The number of rotatable bonds is 2. The highest BCUT2D eigenvalue weighted by atomic mass is 127. The number of hydrogen-bond donors (Lipinski definition) is 1. The second kappa shape index (κ2) is 4.84. The largest absolute Gasteiger partial charge is 0.455 e. The molecule has 2 rings (SSSR count). The minimum absolute atomic E-state index is 0.316. The van der Waals surface area contributed by atoms with Gasteiger partial charge in [0.1, 0.15) is 0 Å². The first-order valence-electron chi connectivity index (χ1n) is 4.32.